The van der Waals surface area contributed by atoms with Crippen molar-refractivity contribution in [3.05, 3.63) is 29.6 Å². The molecule has 1 aromatic heterocycles. The van der Waals surface area contributed by atoms with Crippen LogP contribution in [-0.4, -0.2) is 4.98 Å². The second-order valence-electron chi connectivity index (χ2n) is 2.17. The lowest BCUT2D eigenvalue weighted by Crippen LogP contribution is -2.05. The molecular weight excluding hydrogens is 282 g/mol. The quantitative estimate of drug-likeness (QED) is 0.571. The molecular formula is C7H5F3IN. The van der Waals surface area contributed by atoms with E-state index < -0.39 is 11.7 Å². The summed E-state index contributed by atoms with van der Waals surface area (Å²) >= 11 is 2.04. The van der Waals surface area contributed by atoms with E-state index in [2.05, 4.69) is 4.98 Å². The van der Waals surface area contributed by atoms with Gasteiger partial charge in [0.25, 0.3) is 0 Å². The van der Waals surface area contributed by atoms with Crippen molar-refractivity contribution in [2.45, 2.75) is 10.6 Å². The minimum atomic E-state index is -4.28. The molecule has 0 aliphatic rings. The summed E-state index contributed by atoms with van der Waals surface area (Å²) in [4.78, 5) is 3.64. The summed E-state index contributed by atoms with van der Waals surface area (Å²) in [6.45, 7) is 0. The van der Waals surface area contributed by atoms with Gasteiger partial charge in [-0.3, -0.25) is 4.98 Å². The predicted molar refractivity (Wildman–Crippen MR) is 47.0 cm³/mol. The van der Waals surface area contributed by atoms with E-state index >= 15 is 0 Å². The van der Waals surface area contributed by atoms with Crippen LogP contribution in [0.3, 0.4) is 0 Å². The minimum absolute atomic E-state index is 0.621. The Labute approximate surface area is 81.1 Å². The molecule has 1 aromatic rings. The number of hydrogen-bond acceptors (Lipinski definition) is 1. The molecule has 0 spiro atoms. The monoisotopic (exact) mass is 287 g/mol. The second kappa shape index (κ2) is 3.59. The molecule has 0 N–H and O–H groups in total. The summed E-state index contributed by atoms with van der Waals surface area (Å²) in [7, 11) is 0. The Bertz CT molecular complexity index is 254. The Balaban J connectivity index is 2.93. The standard InChI is InChI=1S/C7H5F3IN/c8-7(9,10)5-1-2-6(3-11)12-4-5/h1-2,4H,3H2. The molecule has 66 valence electrons. The smallest absolute Gasteiger partial charge is 0.260 e. The molecule has 5 heteroatoms. The van der Waals surface area contributed by atoms with Crippen LogP contribution >= 0.6 is 22.6 Å². The van der Waals surface area contributed by atoms with Crippen molar-refractivity contribution in [2.24, 2.45) is 0 Å². The van der Waals surface area contributed by atoms with Crippen molar-refractivity contribution in [3.8, 4) is 0 Å². The SMILES string of the molecule is FC(F)(F)c1ccc(CI)nc1. The van der Waals surface area contributed by atoms with Gasteiger partial charge in [0.15, 0.2) is 0 Å². The molecule has 0 atom stereocenters. The summed E-state index contributed by atoms with van der Waals surface area (Å²) in [6, 6.07) is 2.43. The van der Waals surface area contributed by atoms with E-state index in [0.29, 0.717) is 10.1 Å². The van der Waals surface area contributed by atoms with E-state index in [0.717, 1.165) is 12.3 Å². The Hall–Kier alpha value is -0.330. The molecule has 0 unspecified atom stereocenters. The maximum absolute atomic E-state index is 12.0. The molecule has 1 nitrogen and oxygen atoms in total. The van der Waals surface area contributed by atoms with E-state index in [1.54, 1.807) is 0 Å². The van der Waals surface area contributed by atoms with Gasteiger partial charge in [0, 0.05) is 10.6 Å². The first kappa shape index (κ1) is 9.76. The highest BCUT2D eigenvalue weighted by atomic mass is 127. The number of nitrogens with zero attached hydrogens (tertiary/aromatic N) is 1. The van der Waals surface area contributed by atoms with Gasteiger partial charge in [0.2, 0.25) is 0 Å². The van der Waals surface area contributed by atoms with Crippen LogP contribution in [-0.2, 0) is 10.6 Å². The number of alkyl halides is 4. The Kier molecular flexibility index (Phi) is 2.92. The highest BCUT2D eigenvalue weighted by Crippen LogP contribution is 2.28. The number of aromatic nitrogens is 1. The summed E-state index contributed by atoms with van der Waals surface area (Å²) in [5.74, 6) is 0. The molecule has 1 rings (SSSR count). The Morgan fingerprint density at radius 2 is 2.00 bits per heavy atom. The minimum Gasteiger partial charge on any atom is -0.260 e. The largest absolute Gasteiger partial charge is 0.417 e. The first-order valence-electron chi connectivity index (χ1n) is 3.12. The van der Waals surface area contributed by atoms with Crippen LogP contribution in [0.25, 0.3) is 0 Å². The van der Waals surface area contributed by atoms with Crippen molar-refractivity contribution in [1.82, 2.24) is 4.98 Å². The average molecular weight is 287 g/mol. The first-order valence-corrected chi connectivity index (χ1v) is 4.64. The van der Waals surface area contributed by atoms with E-state index in [1.165, 1.54) is 6.07 Å². The average Bonchev–Trinajstić information content (AvgIpc) is 2.03. The molecule has 0 fully saturated rings. The Morgan fingerprint density at radius 1 is 1.33 bits per heavy atom. The zero-order valence-corrected chi connectivity index (χ0v) is 8.06. The first-order chi connectivity index (χ1) is 5.54. The zero-order valence-electron chi connectivity index (χ0n) is 5.90. The second-order valence-corrected chi connectivity index (χ2v) is 2.93. The summed E-state index contributed by atoms with van der Waals surface area (Å²) in [5, 5.41) is 0. The van der Waals surface area contributed by atoms with E-state index in [9.17, 15) is 13.2 Å². The van der Waals surface area contributed by atoms with Crippen LogP contribution in [0.15, 0.2) is 18.3 Å². The lowest BCUT2D eigenvalue weighted by atomic mass is 10.2. The van der Waals surface area contributed by atoms with Gasteiger partial charge in [-0.25, -0.2) is 0 Å². The molecule has 0 aliphatic carbocycles. The molecule has 0 saturated heterocycles. The third kappa shape index (κ3) is 2.33. The lowest BCUT2D eigenvalue weighted by molar-refractivity contribution is -0.137. The number of pyridine rings is 1. The van der Waals surface area contributed by atoms with E-state index in [-0.39, 0.29) is 0 Å². The van der Waals surface area contributed by atoms with Gasteiger partial charge >= 0.3 is 6.18 Å². The number of halogens is 4. The Morgan fingerprint density at radius 3 is 2.33 bits per heavy atom. The topological polar surface area (TPSA) is 12.9 Å². The molecule has 1 heterocycles. The van der Waals surface area contributed by atoms with Crippen molar-refractivity contribution < 1.29 is 13.2 Å². The highest BCUT2D eigenvalue weighted by molar-refractivity contribution is 14.1. The molecule has 0 aliphatic heterocycles. The molecule has 0 radical (unpaired) electrons. The van der Waals surface area contributed by atoms with Crippen LogP contribution in [0, 0.1) is 0 Å². The molecule has 12 heavy (non-hydrogen) atoms. The van der Waals surface area contributed by atoms with Gasteiger partial charge in [0.1, 0.15) is 0 Å². The van der Waals surface area contributed by atoms with Gasteiger partial charge in [-0.15, -0.1) is 0 Å². The van der Waals surface area contributed by atoms with Crippen molar-refractivity contribution in [2.75, 3.05) is 0 Å². The van der Waals surface area contributed by atoms with Crippen LogP contribution in [0.4, 0.5) is 13.2 Å². The van der Waals surface area contributed by atoms with Crippen molar-refractivity contribution in [1.29, 1.82) is 0 Å². The fourth-order valence-corrected chi connectivity index (χ4v) is 1.12. The van der Waals surface area contributed by atoms with Crippen LogP contribution < -0.4 is 0 Å². The van der Waals surface area contributed by atoms with Crippen LogP contribution in [0.1, 0.15) is 11.3 Å². The van der Waals surface area contributed by atoms with Gasteiger partial charge in [-0.05, 0) is 12.1 Å². The summed E-state index contributed by atoms with van der Waals surface area (Å²) < 4.78 is 36.6. The maximum Gasteiger partial charge on any atom is 0.417 e. The lowest BCUT2D eigenvalue weighted by Gasteiger charge is -2.05. The van der Waals surface area contributed by atoms with Gasteiger partial charge < -0.3 is 0 Å². The zero-order chi connectivity index (χ0) is 9.19. The fraction of sp³-hybridized carbons (Fsp3) is 0.286. The van der Waals surface area contributed by atoms with Gasteiger partial charge in [0.05, 0.1) is 11.3 Å². The molecule has 0 aromatic carbocycles. The third-order valence-corrected chi connectivity index (χ3v) is 2.07. The summed E-state index contributed by atoms with van der Waals surface area (Å²) in [5.41, 5.74) is -0.0419. The number of rotatable bonds is 1. The normalized spacial score (nSPS) is 11.7. The van der Waals surface area contributed by atoms with Crippen LogP contribution in [0.2, 0.25) is 0 Å². The number of hydrogen-bond donors (Lipinski definition) is 0. The van der Waals surface area contributed by atoms with E-state index in [4.69, 9.17) is 0 Å². The van der Waals surface area contributed by atoms with Crippen LogP contribution in [0.5, 0.6) is 0 Å². The highest BCUT2D eigenvalue weighted by Gasteiger charge is 2.30. The fourth-order valence-electron chi connectivity index (χ4n) is 0.671. The third-order valence-electron chi connectivity index (χ3n) is 1.29. The predicted octanol–water partition coefficient (Wildman–Crippen LogP) is 3.04. The molecule has 0 saturated carbocycles. The van der Waals surface area contributed by atoms with Crippen molar-refractivity contribution in [3.63, 3.8) is 0 Å². The summed E-state index contributed by atoms with van der Waals surface area (Å²) in [6.07, 6.45) is -3.43. The van der Waals surface area contributed by atoms with E-state index in [1.807, 2.05) is 22.6 Å². The van der Waals surface area contributed by atoms with Crippen molar-refractivity contribution >= 4 is 22.6 Å². The van der Waals surface area contributed by atoms with Gasteiger partial charge in [-0.2, -0.15) is 13.2 Å². The maximum atomic E-state index is 12.0. The van der Waals surface area contributed by atoms with Gasteiger partial charge in [-0.1, -0.05) is 22.6 Å². The molecule has 0 amide bonds. The molecule has 0 bridgehead atoms.